The molecule has 1 saturated heterocycles. The van der Waals surface area contributed by atoms with Crippen LogP contribution in [0.4, 0.5) is 0 Å². The first-order valence-corrected chi connectivity index (χ1v) is 7.25. The molecule has 3 rings (SSSR count). The lowest BCUT2D eigenvalue weighted by atomic mass is 9.96. The van der Waals surface area contributed by atoms with E-state index in [1.807, 2.05) is 6.07 Å². The van der Waals surface area contributed by atoms with E-state index in [4.69, 9.17) is 10.3 Å². The summed E-state index contributed by atoms with van der Waals surface area (Å²) in [5.41, 5.74) is 6.42. The number of hydrogen-bond donors (Lipinski definition) is 1. The molecule has 1 aromatic heterocycles. The normalized spacial score (nSPS) is 26.2. The Morgan fingerprint density at radius 1 is 1.28 bits per heavy atom. The van der Waals surface area contributed by atoms with Gasteiger partial charge >= 0.3 is 0 Å². The van der Waals surface area contributed by atoms with Gasteiger partial charge in [-0.05, 0) is 38.1 Å². The Labute approximate surface area is 108 Å². The molecule has 18 heavy (non-hydrogen) atoms. The van der Waals surface area contributed by atoms with Crippen LogP contribution in [-0.2, 0) is 13.1 Å². The number of aromatic nitrogens is 1. The van der Waals surface area contributed by atoms with Crippen molar-refractivity contribution in [3.8, 4) is 0 Å². The Kier molecular flexibility index (Phi) is 3.66. The third-order valence-corrected chi connectivity index (χ3v) is 4.53. The molecule has 1 atom stereocenters. The van der Waals surface area contributed by atoms with Crippen molar-refractivity contribution in [3.63, 3.8) is 0 Å². The highest BCUT2D eigenvalue weighted by Crippen LogP contribution is 2.36. The number of hydrogen-bond acceptors (Lipinski definition) is 4. The van der Waals surface area contributed by atoms with E-state index in [1.165, 1.54) is 45.1 Å². The van der Waals surface area contributed by atoms with Crippen molar-refractivity contribution in [2.45, 2.75) is 57.7 Å². The number of likely N-dealkylation sites (tertiary alicyclic amines) is 1. The fraction of sp³-hybridized carbons (Fsp3) is 0.786. The second kappa shape index (κ2) is 5.41. The monoisotopic (exact) mass is 249 g/mol. The zero-order valence-electron chi connectivity index (χ0n) is 11.0. The molecule has 2 aliphatic rings. The molecule has 2 heterocycles. The van der Waals surface area contributed by atoms with E-state index in [1.54, 1.807) is 0 Å². The van der Waals surface area contributed by atoms with E-state index in [9.17, 15) is 0 Å². The Hall–Kier alpha value is -0.870. The Morgan fingerprint density at radius 3 is 2.83 bits per heavy atom. The Bertz CT molecular complexity index is 384. The molecule has 1 aromatic rings. The fourth-order valence-corrected chi connectivity index (χ4v) is 3.65. The first-order valence-electron chi connectivity index (χ1n) is 7.25. The van der Waals surface area contributed by atoms with Crippen LogP contribution in [0.25, 0.3) is 0 Å². The van der Waals surface area contributed by atoms with E-state index in [0.29, 0.717) is 6.54 Å². The third kappa shape index (κ3) is 2.45. The Balaban J connectivity index is 1.63. The summed E-state index contributed by atoms with van der Waals surface area (Å²) in [5.74, 6) is 1.89. The van der Waals surface area contributed by atoms with Gasteiger partial charge in [0.1, 0.15) is 0 Å². The summed E-state index contributed by atoms with van der Waals surface area (Å²) in [4.78, 5) is 2.59. The first kappa shape index (κ1) is 12.2. The number of nitrogens with zero attached hydrogens (tertiary/aromatic N) is 2. The molecule has 1 aliphatic carbocycles. The van der Waals surface area contributed by atoms with Crippen molar-refractivity contribution in [3.05, 3.63) is 17.5 Å². The second-order valence-electron chi connectivity index (χ2n) is 5.71. The first-order chi connectivity index (χ1) is 8.86. The van der Waals surface area contributed by atoms with E-state index < -0.39 is 0 Å². The average Bonchev–Trinajstić information content (AvgIpc) is 3.09. The van der Waals surface area contributed by atoms with Gasteiger partial charge in [0, 0.05) is 18.7 Å². The van der Waals surface area contributed by atoms with Crippen LogP contribution in [-0.4, -0.2) is 22.6 Å². The summed E-state index contributed by atoms with van der Waals surface area (Å²) in [7, 11) is 0. The lowest BCUT2D eigenvalue weighted by molar-refractivity contribution is 0.166. The summed E-state index contributed by atoms with van der Waals surface area (Å²) in [6, 6.07) is 2.78. The van der Waals surface area contributed by atoms with Gasteiger partial charge in [0.25, 0.3) is 0 Å². The lowest BCUT2D eigenvalue weighted by Crippen LogP contribution is -2.34. The van der Waals surface area contributed by atoms with Gasteiger partial charge in [-0.25, -0.2) is 0 Å². The average molecular weight is 249 g/mol. The van der Waals surface area contributed by atoms with Gasteiger partial charge < -0.3 is 10.3 Å². The topological polar surface area (TPSA) is 55.3 Å². The van der Waals surface area contributed by atoms with E-state index in [-0.39, 0.29) is 0 Å². The van der Waals surface area contributed by atoms with Gasteiger partial charge in [0.05, 0.1) is 12.2 Å². The Morgan fingerprint density at radius 2 is 2.11 bits per heavy atom. The molecule has 0 aromatic carbocycles. The zero-order valence-corrected chi connectivity index (χ0v) is 11.0. The molecule has 100 valence electrons. The third-order valence-electron chi connectivity index (χ3n) is 4.53. The largest absolute Gasteiger partial charge is 0.360 e. The number of rotatable bonds is 4. The van der Waals surface area contributed by atoms with Crippen LogP contribution in [0.3, 0.4) is 0 Å². The van der Waals surface area contributed by atoms with Gasteiger partial charge in [-0.3, -0.25) is 4.90 Å². The van der Waals surface area contributed by atoms with Crippen molar-refractivity contribution >= 4 is 0 Å². The molecule has 1 aliphatic heterocycles. The predicted octanol–water partition coefficient (Wildman–Crippen LogP) is 2.29. The smallest absolute Gasteiger partial charge is 0.151 e. The van der Waals surface area contributed by atoms with Gasteiger partial charge in [-0.1, -0.05) is 18.0 Å². The van der Waals surface area contributed by atoms with Crippen molar-refractivity contribution in [2.75, 3.05) is 6.54 Å². The summed E-state index contributed by atoms with van der Waals surface area (Å²) in [6.45, 7) is 2.59. The summed E-state index contributed by atoms with van der Waals surface area (Å²) in [6.07, 6.45) is 8.39. The number of nitrogens with two attached hydrogens (primary N) is 1. The minimum Gasteiger partial charge on any atom is -0.360 e. The SMILES string of the molecule is NCc1cc(CN2CCCC2C2CCCC2)on1. The summed E-state index contributed by atoms with van der Waals surface area (Å²) < 4.78 is 5.36. The van der Waals surface area contributed by atoms with Crippen molar-refractivity contribution in [1.82, 2.24) is 10.1 Å². The van der Waals surface area contributed by atoms with Crippen LogP contribution in [0.15, 0.2) is 10.6 Å². The van der Waals surface area contributed by atoms with Gasteiger partial charge in [-0.15, -0.1) is 0 Å². The maximum absolute atomic E-state index is 5.56. The molecular weight excluding hydrogens is 226 g/mol. The summed E-state index contributed by atoms with van der Waals surface area (Å²) >= 11 is 0. The lowest BCUT2D eigenvalue weighted by Gasteiger charge is -2.28. The van der Waals surface area contributed by atoms with Crippen molar-refractivity contribution in [1.29, 1.82) is 0 Å². The standard InChI is InChI=1S/C14H23N3O/c15-9-12-8-13(18-16-12)10-17-7-3-6-14(17)11-4-1-2-5-11/h8,11,14H,1-7,9-10,15H2. The van der Waals surface area contributed by atoms with Crippen LogP contribution in [0.5, 0.6) is 0 Å². The fourth-order valence-electron chi connectivity index (χ4n) is 3.65. The quantitative estimate of drug-likeness (QED) is 0.889. The van der Waals surface area contributed by atoms with Crippen LogP contribution < -0.4 is 5.73 Å². The minimum absolute atomic E-state index is 0.468. The van der Waals surface area contributed by atoms with Gasteiger partial charge in [0.2, 0.25) is 0 Å². The van der Waals surface area contributed by atoms with Gasteiger partial charge in [0.15, 0.2) is 5.76 Å². The maximum atomic E-state index is 5.56. The highest BCUT2D eigenvalue weighted by Gasteiger charge is 2.33. The molecule has 1 saturated carbocycles. The molecule has 1 unspecified atom stereocenters. The molecule has 4 nitrogen and oxygen atoms in total. The van der Waals surface area contributed by atoms with E-state index >= 15 is 0 Å². The van der Waals surface area contributed by atoms with Crippen molar-refractivity contribution in [2.24, 2.45) is 11.7 Å². The maximum Gasteiger partial charge on any atom is 0.151 e. The zero-order chi connectivity index (χ0) is 12.4. The minimum atomic E-state index is 0.468. The highest BCUT2D eigenvalue weighted by atomic mass is 16.5. The second-order valence-corrected chi connectivity index (χ2v) is 5.71. The molecule has 0 bridgehead atoms. The van der Waals surface area contributed by atoms with E-state index in [2.05, 4.69) is 10.1 Å². The molecular formula is C14H23N3O. The van der Waals surface area contributed by atoms with Crippen molar-refractivity contribution < 1.29 is 4.52 Å². The van der Waals surface area contributed by atoms with Crippen LogP contribution in [0, 0.1) is 5.92 Å². The predicted molar refractivity (Wildman–Crippen MR) is 69.8 cm³/mol. The van der Waals surface area contributed by atoms with Crippen LogP contribution in [0.2, 0.25) is 0 Å². The van der Waals surface area contributed by atoms with Gasteiger partial charge in [-0.2, -0.15) is 0 Å². The van der Waals surface area contributed by atoms with Crippen LogP contribution in [0.1, 0.15) is 50.0 Å². The molecule has 2 N–H and O–H groups in total. The molecule has 0 radical (unpaired) electrons. The molecule has 0 spiro atoms. The van der Waals surface area contributed by atoms with Crippen LogP contribution >= 0.6 is 0 Å². The summed E-state index contributed by atoms with van der Waals surface area (Å²) in [5, 5.41) is 3.97. The molecule has 2 fully saturated rings. The molecule has 4 heteroatoms. The van der Waals surface area contributed by atoms with E-state index in [0.717, 1.165) is 30.0 Å². The molecule has 0 amide bonds. The highest BCUT2D eigenvalue weighted by molar-refractivity contribution is 5.05.